The average molecular weight is 376 g/mol. The zero-order valence-electron chi connectivity index (χ0n) is 14.9. The van der Waals surface area contributed by atoms with E-state index in [9.17, 15) is 4.79 Å². The van der Waals surface area contributed by atoms with E-state index >= 15 is 0 Å². The fourth-order valence-corrected chi connectivity index (χ4v) is 2.57. The Morgan fingerprint density at radius 2 is 2.11 bits per heavy atom. The number of anilines is 1. The normalized spacial score (nSPS) is 10.8. The molecule has 140 valence electrons. The van der Waals surface area contributed by atoms with Crippen LogP contribution in [0.15, 0.2) is 65.5 Å². The molecule has 4 aromatic rings. The third kappa shape index (κ3) is 3.61. The van der Waals surface area contributed by atoms with Crippen LogP contribution in [-0.2, 0) is 6.61 Å². The molecule has 0 radical (unpaired) electrons. The number of benzene rings is 1. The molecule has 3 aromatic heterocycles. The lowest BCUT2D eigenvalue weighted by Gasteiger charge is -2.12. The summed E-state index contributed by atoms with van der Waals surface area (Å²) in [5, 5.41) is 8.96. The average Bonchev–Trinajstić information content (AvgIpc) is 3.16. The van der Waals surface area contributed by atoms with E-state index in [0.717, 1.165) is 16.0 Å². The highest BCUT2D eigenvalue weighted by molar-refractivity contribution is 5.83. The van der Waals surface area contributed by atoms with Crippen LogP contribution in [0.25, 0.3) is 22.6 Å². The minimum atomic E-state index is -1.07. The summed E-state index contributed by atoms with van der Waals surface area (Å²) in [7, 11) is 1.44. The summed E-state index contributed by atoms with van der Waals surface area (Å²) in [4.78, 5) is 24.7. The summed E-state index contributed by atoms with van der Waals surface area (Å²) < 4.78 is 11.6. The summed E-state index contributed by atoms with van der Waals surface area (Å²) in [6.45, 7) is 0.295. The molecule has 0 bridgehead atoms. The summed E-state index contributed by atoms with van der Waals surface area (Å²) >= 11 is 0. The van der Waals surface area contributed by atoms with Crippen molar-refractivity contribution in [2.24, 2.45) is 0 Å². The number of ether oxygens (including phenoxy) is 1. The third-order valence-corrected chi connectivity index (χ3v) is 4.11. The zero-order valence-corrected chi connectivity index (χ0v) is 14.9. The lowest BCUT2D eigenvalue weighted by molar-refractivity contribution is 0.203. The van der Waals surface area contributed by atoms with Crippen LogP contribution in [-0.4, -0.2) is 33.2 Å². The lowest BCUT2D eigenvalue weighted by atomic mass is 10.3. The zero-order chi connectivity index (χ0) is 19.5. The molecule has 0 saturated carbocycles. The highest BCUT2D eigenvalue weighted by Gasteiger charge is 2.11. The molecule has 0 aliphatic rings. The number of hydrogen-bond donors (Lipinski definition) is 1. The minimum absolute atomic E-state index is 0.295. The van der Waals surface area contributed by atoms with Crippen molar-refractivity contribution >= 4 is 23.0 Å². The number of amides is 1. The summed E-state index contributed by atoms with van der Waals surface area (Å²) in [6.07, 6.45) is 3.91. The first-order valence-corrected chi connectivity index (χ1v) is 8.45. The Morgan fingerprint density at radius 3 is 2.82 bits per heavy atom. The Bertz CT molecular complexity index is 1110. The number of fused-ring (bicyclic) bond motifs is 1. The van der Waals surface area contributed by atoms with E-state index in [2.05, 4.69) is 15.0 Å². The van der Waals surface area contributed by atoms with E-state index < -0.39 is 6.09 Å². The first kappa shape index (κ1) is 17.5. The highest BCUT2D eigenvalue weighted by atomic mass is 16.5. The Balaban J connectivity index is 1.47. The van der Waals surface area contributed by atoms with Gasteiger partial charge in [0.1, 0.15) is 23.7 Å². The second-order valence-electron chi connectivity index (χ2n) is 6.05. The molecule has 28 heavy (non-hydrogen) atoms. The number of carbonyl (C=O) groups is 1. The molecule has 0 spiro atoms. The number of nitrogens with zero attached hydrogens (tertiary/aromatic N) is 4. The monoisotopic (exact) mass is 376 g/mol. The molecule has 1 N–H and O–H groups in total. The number of oxazole rings is 1. The highest BCUT2D eigenvalue weighted by Crippen LogP contribution is 2.27. The van der Waals surface area contributed by atoms with Gasteiger partial charge in [0, 0.05) is 37.3 Å². The van der Waals surface area contributed by atoms with Crippen molar-refractivity contribution in [2.75, 3.05) is 11.9 Å². The maximum Gasteiger partial charge on any atom is 0.412 e. The molecule has 0 unspecified atom stereocenters. The Morgan fingerprint density at radius 1 is 1.21 bits per heavy atom. The first-order valence-electron chi connectivity index (χ1n) is 8.45. The SMILES string of the molecule is CN(C(=O)O)c1ccc(COc2ccc3oc(-c4cccnc4)nc3c2)cn1. The third-order valence-electron chi connectivity index (χ3n) is 4.11. The summed E-state index contributed by atoms with van der Waals surface area (Å²) in [5.41, 5.74) is 2.97. The van der Waals surface area contributed by atoms with Gasteiger partial charge in [0.15, 0.2) is 5.58 Å². The van der Waals surface area contributed by atoms with Crippen LogP contribution in [0, 0.1) is 0 Å². The van der Waals surface area contributed by atoms with Crippen LogP contribution in [0.4, 0.5) is 10.6 Å². The van der Waals surface area contributed by atoms with Crippen LogP contribution < -0.4 is 9.64 Å². The van der Waals surface area contributed by atoms with Crippen LogP contribution in [0.1, 0.15) is 5.56 Å². The standard InChI is InChI=1S/C20H16N4O4/c1-24(20(25)26)18-7-4-13(10-22-18)12-27-15-5-6-17-16(9-15)23-19(28-17)14-3-2-8-21-11-14/h2-11H,12H2,1H3,(H,25,26). The molecule has 0 atom stereocenters. The van der Waals surface area contributed by atoms with E-state index in [1.54, 1.807) is 48.9 Å². The van der Waals surface area contributed by atoms with Gasteiger partial charge < -0.3 is 14.3 Å². The molecule has 8 heteroatoms. The Hall–Kier alpha value is -3.94. The van der Waals surface area contributed by atoms with Gasteiger partial charge in [-0.05, 0) is 30.3 Å². The molecule has 8 nitrogen and oxygen atoms in total. The van der Waals surface area contributed by atoms with Gasteiger partial charge in [0.25, 0.3) is 0 Å². The number of carboxylic acid groups (broad SMARTS) is 1. The van der Waals surface area contributed by atoms with Gasteiger partial charge in [0.2, 0.25) is 5.89 Å². The van der Waals surface area contributed by atoms with Gasteiger partial charge in [-0.2, -0.15) is 0 Å². The first-order chi connectivity index (χ1) is 13.6. The second kappa shape index (κ2) is 7.36. The van der Waals surface area contributed by atoms with Crippen LogP contribution in [0.3, 0.4) is 0 Å². The van der Waals surface area contributed by atoms with Gasteiger partial charge >= 0.3 is 6.09 Å². The van der Waals surface area contributed by atoms with Gasteiger partial charge in [-0.15, -0.1) is 0 Å². The molecule has 3 heterocycles. The van der Waals surface area contributed by atoms with Crippen molar-refractivity contribution < 1.29 is 19.1 Å². The van der Waals surface area contributed by atoms with Gasteiger partial charge in [-0.1, -0.05) is 6.07 Å². The van der Waals surface area contributed by atoms with Crippen molar-refractivity contribution in [2.45, 2.75) is 6.61 Å². The van der Waals surface area contributed by atoms with E-state index in [1.807, 2.05) is 12.1 Å². The molecular weight excluding hydrogens is 360 g/mol. The van der Waals surface area contributed by atoms with Crippen molar-refractivity contribution in [3.63, 3.8) is 0 Å². The number of rotatable bonds is 5. The maximum absolute atomic E-state index is 10.9. The molecule has 0 fully saturated rings. The summed E-state index contributed by atoms with van der Waals surface area (Å²) in [6, 6.07) is 12.5. The second-order valence-corrected chi connectivity index (χ2v) is 6.05. The Kier molecular flexibility index (Phi) is 4.59. The summed E-state index contributed by atoms with van der Waals surface area (Å²) in [5.74, 6) is 1.50. The number of aromatic nitrogens is 3. The molecule has 1 amide bonds. The van der Waals surface area contributed by atoms with Crippen molar-refractivity contribution in [1.29, 1.82) is 0 Å². The number of hydrogen-bond acceptors (Lipinski definition) is 6. The Labute approximate surface area is 160 Å². The van der Waals surface area contributed by atoms with Gasteiger partial charge in [-0.25, -0.2) is 14.8 Å². The van der Waals surface area contributed by atoms with E-state index in [1.165, 1.54) is 7.05 Å². The van der Waals surface area contributed by atoms with Crippen molar-refractivity contribution in [3.05, 3.63) is 66.6 Å². The fraction of sp³-hybridized carbons (Fsp3) is 0.100. The van der Waals surface area contributed by atoms with Crippen molar-refractivity contribution in [1.82, 2.24) is 15.0 Å². The van der Waals surface area contributed by atoms with E-state index in [-0.39, 0.29) is 0 Å². The van der Waals surface area contributed by atoms with Gasteiger partial charge in [0.05, 0.1) is 5.56 Å². The van der Waals surface area contributed by atoms with Crippen LogP contribution in [0.5, 0.6) is 5.75 Å². The van der Waals surface area contributed by atoms with E-state index in [0.29, 0.717) is 35.2 Å². The topological polar surface area (TPSA) is 102 Å². The molecular formula is C20H16N4O4. The fourth-order valence-electron chi connectivity index (χ4n) is 2.57. The van der Waals surface area contributed by atoms with Crippen molar-refractivity contribution in [3.8, 4) is 17.2 Å². The molecule has 0 aliphatic heterocycles. The van der Waals surface area contributed by atoms with Gasteiger partial charge in [-0.3, -0.25) is 9.88 Å². The maximum atomic E-state index is 10.9. The predicted molar refractivity (Wildman–Crippen MR) is 102 cm³/mol. The lowest BCUT2D eigenvalue weighted by Crippen LogP contribution is -2.24. The molecule has 4 rings (SSSR count). The smallest absolute Gasteiger partial charge is 0.412 e. The molecule has 1 aromatic carbocycles. The predicted octanol–water partition coefficient (Wildman–Crippen LogP) is 3.98. The van der Waals surface area contributed by atoms with Crippen LogP contribution in [0.2, 0.25) is 0 Å². The number of pyridine rings is 2. The van der Waals surface area contributed by atoms with Crippen LogP contribution >= 0.6 is 0 Å². The van der Waals surface area contributed by atoms with E-state index in [4.69, 9.17) is 14.3 Å². The largest absolute Gasteiger partial charge is 0.489 e. The molecule has 0 aliphatic carbocycles. The quantitative estimate of drug-likeness (QED) is 0.562. The minimum Gasteiger partial charge on any atom is -0.489 e. The molecule has 0 saturated heterocycles.